The molecule has 118 valence electrons. The number of rotatable bonds is 4. The van der Waals surface area contributed by atoms with Gasteiger partial charge in [-0.15, -0.1) is 12.4 Å². The Bertz CT molecular complexity index is 292. The van der Waals surface area contributed by atoms with Crippen molar-refractivity contribution in [2.45, 2.75) is 64.3 Å². The summed E-state index contributed by atoms with van der Waals surface area (Å²) in [6.07, 6.45) is 9.94. The normalized spacial score (nSPS) is 25.9. The van der Waals surface area contributed by atoms with Gasteiger partial charge in [-0.05, 0) is 31.7 Å². The summed E-state index contributed by atoms with van der Waals surface area (Å²) in [4.78, 5) is 14.5. The van der Waals surface area contributed by atoms with Crippen LogP contribution in [-0.2, 0) is 4.79 Å². The van der Waals surface area contributed by atoms with E-state index in [1.807, 2.05) is 7.05 Å². The van der Waals surface area contributed by atoms with E-state index in [1.165, 1.54) is 38.5 Å². The molecule has 0 aromatic rings. The molecule has 2 unspecified atom stereocenters. The lowest BCUT2D eigenvalue weighted by molar-refractivity contribution is -0.133. The molecule has 3 nitrogen and oxygen atoms in total. The third kappa shape index (κ3) is 4.92. The minimum Gasteiger partial charge on any atom is -0.341 e. The third-order valence-electron chi connectivity index (χ3n) is 5.13. The minimum atomic E-state index is 0. The van der Waals surface area contributed by atoms with Crippen LogP contribution in [-0.4, -0.2) is 37.0 Å². The summed E-state index contributed by atoms with van der Waals surface area (Å²) < 4.78 is 0. The summed E-state index contributed by atoms with van der Waals surface area (Å²) in [7, 11) is 2.00. The van der Waals surface area contributed by atoms with Gasteiger partial charge in [0.05, 0.1) is 0 Å². The fraction of sp³-hybridized carbons (Fsp3) is 0.938. The molecule has 0 spiro atoms. The number of hydrogen-bond acceptors (Lipinski definition) is 2. The summed E-state index contributed by atoms with van der Waals surface area (Å²) in [5.41, 5.74) is 0. The van der Waals surface area contributed by atoms with Crippen LogP contribution in [0.2, 0.25) is 0 Å². The van der Waals surface area contributed by atoms with Crippen LogP contribution in [0, 0.1) is 11.8 Å². The fourth-order valence-corrected chi connectivity index (χ4v) is 3.71. The molecule has 0 aromatic carbocycles. The Morgan fingerprint density at radius 2 is 1.90 bits per heavy atom. The van der Waals surface area contributed by atoms with Crippen LogP contribution in [0.15, 0.2) is 0 Å². The van der Waals surface area contributed by atoms with Gasteiger partial charge in [-0.3, -0.25) is 4.79 Å². The Balaban J connectivity index is 0.00000200. The second-order valence-electron chi connectivity index (χ2n) is 6.55. The Morgan fingerprint density at radius 3 is 2.55 bits per heavy atom. The summed E-state index contributed by atoms with van der Waals surface area (Å²) in [5.74, 6) is 1.75. The van der Waals surface area contributed by atoms with Crippen molar-refractivity contribution in [1.29, 1.82) is 0 Å². The number of nitrogens with zero attached hydrogens (tertiary/aromatic N) is 1. The molecule has 0 aromatic heterocycles. The van der Waals surface area contributed by atoms with Crippen molar-refractivity contribution in [3.8, 4) is 0 Å². The molecule has 1 saturated heterocycles. The molecule has 0 bridgehead atoms. The largest absolute Gasteiger partial charge is 0.341 e. The molecule has 2 fully saturated rings. The van der Waals surface area contributed by atoms with E-state index in [9.17, 15) is 4.79 Å². The summed E-state index contributed by atoms with van der Waals surface area (Å²) in [5, 5.41) is 3.31. The Kier molecular flexibility index (Phi) is 7.90. The van der Waals surface area contributed by atoms with E-state index < -0.39 is 0 Å². The monoisotopic (exact) mass is 302 g/mol. The molecular weight excluding hydrogens is 272 g/mol. The highest BCUT2D eigenvalue weighted by molar-refractivity contribution is 5.85. The zero-order chi connectivity index (χ0) is 13.7. The number of piperidine rings is 1. The number of likely N-dealkylation sites (N-methyl/N-ethyl adjacent to an activating group) is 1. The zero-order valence-corrected chi connectivity index (χ0v) is 13.9. The number of amides is 1. The third-order valence-corrected chi connectivity index (χ3v) is 5.13. The second kappa shape index (κ2) is 8.89. The van der Waals surface area contributed by atoms with Gasteiger partial charge in [0.2, 0.25) is 5.91 Å². The predicted molar refractivity (Wildman–Crippen MR) is 86.3 cm³/mol. The standard InChI is InChI=1S/C16H30N2O.ClH/c1-13(14-7-4-3-5-8-14)11-16(19)18-10-6-9-15(12-18)17-2;/h13-15,17H,3-12H2,1-2H3;1H. The Labute approximate surface area is 130 Å². The van der Waals surface area contributed by atoms with E-state index in [4.69, 9.17) is 0 Å². The van der Waals surface area contributed by atoms with Crippen molar-refractivity contribution in [2.24, 2.45) is 11.8 Å². The molecule has 0 radical (unpaired) electrons. The molecule has 2 aliphatic rings. The molecule has 1 heterocycles. The topological polar surface area (TPSA) is 32.3 Å². The van der Waals surface area contributed by atoms with Gasteiger partial charge in [0, 0.05) is 25.6 Å². The van der Waals surface area contributed by atoms with Gasteiger partial charge in [0.25, 0.3) is 0 Å². The van der Waals surface area contributed by atoms with Gasteiger partial charge >= 0.3 is 0 Å². The number of carbonyl (C=O) groups is 1. The number of carbonyl (C=O) groups excluding carboxylic acids is 1. The molecule has 1 amide bonds. The van der Waals surface area contributed by atoms with Gasteiger partial charge in [-0.1, -0.05) is 39.0 Å². The first-order valence-electron chi connectivity index (χ1n) is 8.15. The first-order valence-corrected chi connectivity index (χ1v) is 8.15. The van der Waals surface area contributed by atoms with E-state index in [2.05, 4.69) is 17.1 Å². The number of halogens is 1. The minimum absolute atomic E-state index is 0. The van der Waals surface area contributed by atoms with Crippen LogP contribution in [0.1, 0.15) is 58.3 Å². The van der Waals surface area contributed by atoms with Gasteiger partial charge in [-0.2, -0.15) is 0 Å². The van der Waals surface area contributed by atoms with Crippen molar-refractivity contribution in [3.05, 3.63) is 0 Å². The molecule has 1 aliphatic carbocycles. The summed E-state index contributed by atoms with van der Waals surface area (Å²) in [6, 6.07) is 0.502. The Hall–Kier alpha value is -0.280. The highest BCUT2D eigenvalue weighted by Crippen LogP contribution is 2.31. The van der Waals surface area contributed by atoms with Crippen molar-refractivity contribution in [1.82, 2.24) is 10.2 Å². The zero-order valence-electron chi connectivity index (χ0n) is 13.1. The second-order valence-corrected chi connectivity index (χ2v) is 6.55. The lowest BCUT2D eigenvalue weighted by atomic mass is 9.79. The van der Waals surface area contributed by atoms with Crippen molar-refractivity contribution < 1.29 is 4.79 Å². The lowest BCUT2D eigenvalue weighted by Gasteiger charge is -2.34. The van der Waals surface area contributed by atoms with Crippen LogP contribution in [0.4, 0.5) is 0 Å². The number of likely N-dealkylation sites (tertiary alicyclic amines) is 1. The highest BCUT2D eigenvalue weighted by Gasteiger charge is 2.27. The predicted octanol–water partition coefficient (Wildman–Crippen LogP) is 3.23. The maximum atomic E-state index is 12.4. The molecule has 2 atom stereocenters. The maximum absolute atomic E-state index is 12.4. The van der Waals surface area contributed by atoms with Crippen molar-refractivity contribution in [3.63, 3.8) is 0 Å². The smallest absolute Gasteiger partial charge is 0.222 e. The molecule has 4 heteroatoms. The SMILES string of the molecule is CNC1CCCN(C(=O)CC(C)C2CCCCC2)C1.Cl. The molecule has 20 heavy (non-hydrogen) atoms. The molecule has 1 aliphatic heterocycles. The van der Waals surface area contributed by atoms with Crippen LogP contribution in [0.5, 0.6) is 0 Å². The van der Waals surface area contributed by atoms with Crippen LogP contribution in [0.25, 0.3) is 0 Å². The van der Waals surface area contributed by atoms with E-state index >= 15 is 0 Å². The van der Waals surface area contributed by atoms with Crippen LogP contribution in [0.3, 0.4) is 0 Å². The lowest BCUT2D eigenvalue weighted by Crippen LogP contribution is -2.47. The van der Waals surface area contributed by atoms with Crippen LogP contribution < -0.4 is 5.32 Å². The Morgan fingerprint density at radius 1 is 1.20 bits per heavy atom. The molecule has 1 saturated carbocycles. The highest BCUT2D eigenvalue weighted by atomic mass is 35.5. The fourth-order valence-electron chi connectivity index (χ4n) is 3.71. The van der Waals surface area contributed by atoms with E-state index in [-0.39, 0.29) is 12.4 Å². The van der Waals surface area contributed by atoms with Gasteiger partial charge in [-0.25, -0.2) is 0 Å². The van der Waals surface area contributed by atoms with Gasteiger partial charge in [0.15, 0.2) is 0 Å². The van der Waals surface area contributed by atoms with Crippen molar-refractivity contribution in [2.75, 3.05) is 20.1 Å². The molecular formula is C16H31ClN2O. The van der Waals surface area contributed by atoms with Gasteiger partial charge < -0.3 is 10.2 Å². The molecule has 2 rings (SSSR count). The first-order chi connectivity index (χ1) is 9.20. The van der Waals surface area contributed by atoms with E-state index in [1.54, 1.807) is 0 Å². The first kappa shape index (κ1) is 17.8. The summed E-state index contributed by atoms with van der Waals surface area (Å²) in [6.45, 7) is 4.16. The maximum Gasteiger partial charge on any atom is 0.222 e. The summed E-state index contributed by atoms with van der Waals surface area (Å²) >= 11 is 0. The van der Waals surface area contributed by atoms with Crippen LogP contribution >= 0.6 is 12.4 Å². The number of hydrogen-bond donors (Lipinski definition) is 1. The average Bonchev–Trinajstić information content (AvgIpc) is 2.48. The number of nitrogens with one attached hydrogen (secondary N) is 1. The molecule has 1 N–H and O–H groups in total. The van der Waals surface area contributed by atoms with Crippen molar-refractivity contribution >= 4 is 18.3 Å². The van der Waals surface area contributed by atoms with E-state index in [0.717, 1.165) is 31.8 Å². The average molecular weight is 303 g/mol. The van der Waals surface area contributed by atoms with Gasteiger partial charge in [0.1, 0.15) is 0 Å². The van der Waals surface area contributed by atoms with E-state index in [0.29, 0.717) is 17.9 Å². The quantitative estimate of drug-likeness (QED) is 0.865.